The Labute approximate surface area is 101 Å². The van der Waals surface area contributed by atoms with Gasteiger partial charge in [0.15, 0.2) is 5.78 Å². The molecule has 17 heavy (non-hydrogen) atoms. The van der Waals surface area contributed by atoms with Gasteiger partial charge in [0.25, 0.3) is 0 Å². The molecule has 3 nitrogen and oxygen atoms in total. The van der Waals surface area contributed by atoms with Gasteiger partial charge in [-0.1, -0.05) is 30.4 Å². The summed E-state index contributed by atoms with van der Waals surface area (Å²) >= 11 is 0. The number of carbonyl (C=O) groups is 2. The van der Waals surface area contributed by atoms with Crippen LogP contribution >= 0.6 is 0 Å². The lowest BCUT2D eigenvalue weighted by Gasteiger charge is -2.06. The predicted molar refractivity (Wildman–Crippen MR) is 69.0 cm³/mol. The van der Waals surface area contributed by atoms with E-state index in [1.54, 1.807) is 36.4 Å². The zero-order valence-electron chi connectivity index (χ0n) is 9.94. The summed E-state index contributed by atoms with van der Waals surface area (Å²) in [4.78, 5) is 22.8. The number of carbonyl (C=O) groups excluding carboxylic acids is 2. The van der Waals surface area contributed by atoms with Gasteiger partial charge in [0.2, 0.25) is 5.91 Å². The number of rotatable bonds is 4. The van der Waals surface area contributed by atoms with Crippen LogP contribution in [0.1, 0.15) is 24.2 Å². The molecule has 3 heteroatoms. The first-order valence-electron chi connectivity index (χ1n) is 5.35. The molecule has 1 amide bonds. The van der Waals surface area contributed by atoms with Crippen molar-refractivity contribution in [2.75, 3.05) is 5.32 Å². The number of allylic oxidation sites excluding steroid dienone is 3. The third-order valence-electron chi connectivity index (χ3n) is 2.12. The number of para-hydroxylation sites is 1. The van der Waals surface area contributed by atoms with Crippen molar-refractivity contribution in [2.45, 2.75) is 13.8 Å². The van der Waals surface area contributed by atoms with Crippen LogP contribution in [0.25, 0.3) is 0 Å². The summed E-state index contributed by atoms with van der Waals surface area (Å²) in [5.41, 5.74) is 1.05. The predicted octanol–water partition coefficient (Wildman–Crippen LogP) is 2.96. The maximum Gasteiger partial charge on any atom is 0.248 e. The summed E-state index contributed by atoms with van der Waals surface area (Å²) in [7, 11) is 0. The minimum Gasteiger partial charge on any atom is -0.322 e. The minimum absolute atomic E-state index is 0.0710. The van der Waals surface area contributed by atoms with Crippen LogP contribution in [-0.2, 0) is 4.79 Å². The van der Waals surface area contributed by atoms with Crippen molar-refractivity contribution in [2.24, 2.45) is 0 Å². The first kappa shape index (κ1) is 12.9. The molecule has 0 aliphatic heterocycles. The van der Waals surface area contributed by atoms with Crippen LogP contribution in [-0.4, -0.2) is 11.7 Å². The lowest BCUT2D eigenvalue weighted by atomic mass is 10.1. The second kappa shape index (κ2) is 6.43. The third kappa shape index (κ3) is 4.07. The van der Waals surface area contributed by atoms with Crippen LogP contribution in [0.3, 0.4) is 0 Å². The molecule has 0 fully saturated rings. The highest BCUT2D eigenvalue weighted by Gasteiger charge is 2.07. The summed E-state index contributed by atoms with van der Waals surface area (Å²) in [5.74, 6) is -0.324. The quantitative estimate of drug-likeness (QED) is 0.490. The zero-order valence-corrected chi connectivity index (χ0v) is 9.94. The summed E-state index contributed by atoms with van der Waals surface area (Å²) in [5, 5.41) is 2.67. The highest BCUT2D eigenvalue weighted by atomic mass is 16.1. The molecule has 0 radical (unpaired) electrons. The van der Waals surface area contributed by atoms with Gasteiger partial charge >= 0.3 is 0 Å². The molecular weight excluding hydrogens is 214 g/mol. The van der Waals surface area contributed by atoms with E-state index in [0.717, 1.165) is 0 Å². The SMILES string of the molecule is C/C=C/C=C/C(=O)Nc1ccccc1C(C)=O. The fourth-order valence-corrected chi connectivity index (χ4v) is 1.33. The normalized spacial score (nSPS) is 10.9. The van der Waals surface area contributed by atoms with E-state index in [0.29, 0.717) is 11.3 Å². The number of hydrogen-bond donors (Lipinski definition) is 1. The monoisotopic (exact) mass is 229 g/mol. The van der Waals surface area contributed by atoms with Crippen molar-refractivity contribution in [1.82, 2.24) is 0 Å². The first-order chi connectivity index (χ1) is 8.15. The third-order valence-corrected chi connectivity index (χ3v) is 2.12. The highest BCUT2D eigenvalue weighted by Crippen LogP contribution is 2.15. The Morgan fingerprint density at radius 3 is 2.53 bits per heavy atom. The van der Waals surface area contributed by atoms with E-state index >= 15 is 0 Å². The first-order valence-corrected chi connectivity index (χ1v) is 5.35. The Hall–Kier alpha value is -2.16. The van der Waals surface area contributed by atoms with Crippen LogP contribution < -0.4 is 5.32 Å². The van der Waals surface area contributed by atoms with Gasteiger partial charge in [0.1, 0.15) is 0 Å². The van der Waals surface area contributed by atoms with E-state index in [-0.39, 0.29) is 11.7 Å². The Balaban J connectivity index is 2.81. The molecule has 1 aromatic rings. The van der Waals surface area contributed by atoms with Crippen LogP contribution in [0.15, 0.2) is 48.6 Å². The van der Waals surface area contributed by atoms with Gasteiger partial charge in [-0.05, 0) is 26.0 Å². The van der Waals surface area contributed by atoms with Crippen molar-refractivity contribution in [1.29, 1.82) is 0 Å². The number of nitrogens with one attached hydrogen (secondary N) is 1. The van der Waals surface area contributed by atoms with Gasteiger partial charge in [-0.15, -0.1) is 0 Å². The molecule has 0 saturated carbocycles. The lowest BCUT2D eigenvalue weighted by Crippen LogP contribution is -2.11. The van der Waals surface area contributed by atoms with Crippen molar-refractivity contribution in [3.05, 3.63) is 54.1 Å². The maximum absolute atomic E-state index is 11.5. The smallest absolute Gasteiger partial charge is 0.248 e. The van der Waals surface area contributed by atoms with E-state index in [2.05, 4.69) is 5.32 Å². The number of amides is 1. The molecule has 0 unspecified atom stereocenters. The molecule has 1 rings (SSSR count). The summed E-state index contributed by atoms with van der Waals surface area (Å²) in [6.07, 6.45) is 6.65. The largest absolute Gasteiger partial charge is 0.322 e. The molecule has 88 valence electrons. The van der Waals surface area contributed by atoms with Crippen molar-refractivity contribution in [3.63, 3.8) is 0 Å². The lowest BCUT2D eigenvalue weighted by molar-refractivity contribution is -0.111. The Morgan fingerprint density at radius 2 is 1.88 bits per heavy atom. The van der Waals surface area contributed by atoms with Crippen LogP contribution in [0.2, 0.25) is 0 Å². The number of ketones is 1. The van der Waals surface area contributed by atoms with Gasteiger partial charge in [0.05, 0.1) is 5.69 Å². The molecule has 0 bridgehead atoms. The van der Waals surface area contributed by atoms with E-state index in [1.165, 1.54) is 13.0 Å². The Morgan fingerprint density at radius 1 is 1.18 bits per heavy atom. The molecule has 0 spiro atoms. The van der Waals surface area contributed by atoms with Crippen molar-refractivity contribution in [3.8, 4) is 0 Å². The second-order valence-corrected chi connectivity index (χ2v) is 3.48. The summed E-state index contributed by atoms with van der Waals surface area (Å²) < 4.78 is 0. The zero-order chi connectivity index (χ0) is 12.7. The number of Topliss-reactive ketones (excluding diaryl/α,β-unsaturated/α-hetero) is 1. The van der Waals surface area contributed by atoms with Crippen molar-refractivity contribution >= 4 is 17.4 Å². The Bertz CT molecular complexity index is 473. The molecular formula is C14H15NO2. The molecule has 1 aromatic carbocycles. The average molecular weight is 229 g/mol. The Kier molecular flexibility index (Phi) is 4.88. The maximum atomic E-state index is 11.5. The summed E-state index contributed by atoms with van der Waals surface area (Å²) in [6, 6.07) is 6.94. The van der Waals surface area contributed by atoms with Gasteiger partial charge in [-0.2, -0.15) is 0 Å². The number of anilines is 1. The van der Waals surface area contributed by atoms with E-state index in [9.17, 15) is 9.59 Å². The molecule has 0 aliphatic carbocycles. The molecule has 0 heterocycles. The van der Waals surface area contributed by atoms with Gasteiger partial charge in [0, 0.05) is 11.6 Å². The number of benzene rings is 1. The van der Waals surface area contributed by atoms with Gasteiger partial charge in [-0.25, -0.2) is 0 Å². The van der Waals surface area contributed by atoms with Crippen LogP contribution in [0.5, 0.6) is 0 Å². The van der Waals surface area contributed by atoms with Crippen molar-refractivity contribution < 1.29 is 9.59 Å². The van der Waals surface area contributed by atoms with E-state index in [1.807, 2.05) is 13.0 Å². The standard InChI is InChI=1S/C14H15NO2/c1-3-4-5-10-14(17)15-13-9-7-6-8-12(13)11(2)16/h3-10H,1-2H3,(H,15,17)/b4-3+,10-5+. The van der Waals surface area contributed by atoms with Crippen LogP contribution in [0.4, 0.5) is 5.69 Å². The second-order valence-electron chi connectivity index (χ2n) is 3.48. The molecule has 0 saturated heterocycles. The highest BCUT2D eigenvalue weighted by molar-refractivity contribution is 6.06. The van der Waals surface area contributed by atoms with Gasteiger partial charge < -0.3 is 5.32 Å². The molecule has 0 atom stereocenters. The minimum atomic E-state index is -0.253. The average Bonchev–Trinajstić information content (AvgIpc) is 2.29. The van der Waals surface area contributed by atoms with E-state index in [4.69, 9.17) is 0 Å². The summed E-state index contributed by atoms with van der Waals surface area (Å²) in [6.45, 7) is 3.34. The fraction of sp³-hybridized carbons (Fsp3) is 0.143. The topological polar surface area (TPSA) is 46.2 Å². The molecule has 1 N–H and O–H groups in total. The van der Waals surface area contributed by atoms with Gasteiger partial charge in [-0.3, -0.25) is 9.59 Å². The van der Waals surface area contributed by atoms with E-state index < -0.39 is 0 Å². The molecule has 0 aromatic heterocycles. The number of hydrogen-bond acceptors (Lipinski definition) is 2. The fourth-order valence-electron chi connectivity index (χ4n) is 1.33. The van der Waals surface area contributed by atoms with Crippen LogP contribution in [0, 0.1) is 0 Å². The molecule has 0 aliphatic rings.